The number of rotatable bonds is 5. The molecule has 0 bridgehead atoms. The van der Waals surface area contributed by atoms with Crippen LogP contribution in [0.1, 0.15) is 49.2 Å². The number of urea groups is 1. The van der Waals surface area contributed by atoms with E-state index >= 15 is 0 Å². The SMILES string of the molecule is CC[C@H](NC(=O)N(CC)c1cc(C)cc(C)c1)c1noc(C)n1. The summed E-state index contributed by atoms with van der Waals surface area (Å²) >= 11 is 0. The normalized spacial score (nSPS) is 12.0. The fourth-order valence-electron chi connectivity index (χ4n) is 2.58. The third-order valence-electron chi connectivity index (χ3n) is 3.64. The van der Waals surface area contributed by atoms with Gasteiger partial charge >= 0.3 is 6.03 Å². The molecule has 23 heavy (non-hydrogen) atoms. The molecule has 124 valence electrons. The maximum Gasteiger partial charge on any atom is 0.322 e. The minimum Gasteiger partial charge on any atom is -0.340 e. The summed E-state index contributed by atoms with van der Waals surface area (Å²) in [4.78, 5) is 18.6. The summed E-state index contributed by atoms with van der Waals surface area (Å²) in [6.45, 7) is 10.3. The molecule has 0 radical (unpaired) electrons. The molecule has 2 rings (SSSR count). The van der Waals surface area contributed by atoms with Crippen LogP contribution in [0.5, 0.6) is 0 Å². The number of carbonyl (C=O) groups excluding carboxylic acids is 1. The lowest BCUT2D eigenvalue weighted by Gasteiger charge is -2.24. The summed E-state index contributed by atoms with van der Waals surface area (Å²) in [5, 5.41) is 6.89. The van der Waals surface area contributed by atoms with Crippen LogP contribution in [0, 0.1) is 20.8 Å². The summed E-state index contributed by atoms with van der Waals surface area (Å²) < 4.78 is 5.01. The molecule has 2 aromatic rings. The maximum atomic E-state index is 12.7. The van der Waals surface area contributed by atoms with Crippen molar-refractivity contribution < 1.29 is 9.32 Å². The Bertz CT molecular complexity index is 661. The Morgan fingerprint density at radius 1 is 1.22 bits per heavy atom. The standard InChI is InChI=1S/C17H24N4O2/c1-6-15(16-18-13(5)23-20-16)19-17(22)21(7-2)14-9-11(3)8-12(4)10-14/h8-10,15H,6-7H2,1-5H3,(H,19,22)/t15-/m0/s1. The molecule has 0 saturated carbocycles. The highest BCUT2D eigenvalue weighted by Crippen LogP contribution is 2.20. The van der Waals surface area contributed by atoms with Gasteiger partial charge in [0.2, 0.25) is 5.89 Å². The van der Waals surface area contributed by atoms with Crippen LogP contribution in [-0.2, 0) is 0 Å². The van der Waals surface area contributed by atoms with Crippen LogP contribution in [-0.4, -0.2) is 22.7 Å². The molecule has 0 fully saturated rings. The molecule has 1 heterocycles. The lowest BCUT2D eigenvalue weighted by atomic mass is 10.1. The number of aryl methyl sites for hydroxylation is 3. The Kier molecular flexibility index (Phi) is 5.36. The first-order valence-electron chi connectivity index (χ1n) is 7.91. The van der Waals surface area contributed by atoms with Crippen LogP contribution >= 0.6 is 0 Å². The van der Waals surface area contributed by atoms with E-state index in [9.17, 15) is 4.79 Å². The first-order chi connectivity index (χ1) is 10.9. The van der Waals surface area contributed by atoms with E-state index in [4.69, 9.17) is 4.52 Å². The van der Waals surface area contributed by atoms with E-state index in [1.807, 2.05) is 39.8 Å². The lowest BCUT2D eigenvalue weighted by Crippen LogP contribution is -2.42. The van der Waals surface area contributed by atoms with Gasteiger partial charge in [-0.05, 0) is 50.5 Å². The fraction of sp³-hybridized carbons (Fsp3) is 0.471. The summed E-state index contributed by atoms with van der Waals surface area (Å²) in [6.07, 6.45) is 0.690. The highest BCUT2D eigenvalue weighted by molar-refractivity contribution is 5.92. The predicted molar refractivity (Wildman–Crippen MR) is 89.5 cm³/mol. The molecule has 1 atom stereocenters. The van der Waals surface area contributed by atoms with E-state index in [0.29, 0.717) is 24.7 Å². The summed E-state index contributed by atoms with van der Waals surface area (Å²) in [5.74, 6) is 1.00. The number of hydrogen-bond acceptors (Lipinski definition) is 4. The van der Waals surface area contributed by atoms with Crippen molar-refractivity contribution in [1.82, 2.24) is 15.5 Å². The number of nitrogens with zero attached hydrogens (tertiary/aromatic N) is 3. The van der Waals surface area contributed by atoms with E-state index < -0.39 is 0 Å². The van der Waals surface area contributed by atoms with E-state index in [2.05, 4.69) is 21.5 Å². The second-order valence-electron chi connectivity index (χ2n) is 5.67. The molecular weight excluding hydrogens is 292 g/mol. The van der Waals surface area contributed by atoms with E-state index in [0.717, 1.165) is 16.8 Å². The van der Waals surface area contributed by atoms with Gasteiger partial charge in [-0.3, -0.25) is 4.90 Å². The maximum absolute atomic E-state index is 12.7. The molecule has 0 saturated heterocycles. The molecule has 0 spiro atoms. The summed E-state index contributed by atoms with van der Waals surface area (Å²) in [7, 11) is 0. The van der Waals surface area contributed by atoms with E-state index in [-0.39, 0.29) is 12.1 Å². The van der Waals surface area contributed by atoms with Crippen molar-refractivity contribution >= 4 is 11.7 Å². The van der Waals surface area contributed by atoms with Gasteiger partial charge in [-0.1, -0.05) is 18.1 Å². The number of anilines is 1. The van der Waals surface area contributed by atoms with Gasteiger partial charge in [-0.15, -0.1) is 0 Å². The topological polar surface area (TPSA) is 71.3 Å². The number of aromatic nitrogens is 2. The van der Waals surface area contributed by atoms with Gasteiger partial charge in [0, 0.05) is 19.2 Å². The van der Waals surface area contributed by atoms with Crippen molar-refractivity contribution in [2.24, 2.45) is 0 Å². The third-order valence-corrected chi connectivity index (χ3v) is 3.64. The minimum absolute atomic E-state index is 0.160. The molecule has 0 aliphatic heterocycles. The smallest absolute Gasteiger partial charge is 0.322 e. The molecule has 1 aromatic carbocycles. The largest absolute Gasteiger partial charge is 0.340 e. The van der Waals surface area contributed by atoms with Gasteiger partial charge < -0.3 is 9.84 Å². The van der Waals surface area contributed by atoms with Crippen molar-refractivity contribution in [3.63, 3.8) is 0 Å². The van der Waals surface area contributed by atoms with Crippen LogP contribution < -0.4 is 10.2 Å². The van der Waals surface area contributed by atoms with Gasteiger partial charge in [0.25, 0.3) is 0 Å². The average molecular weight is 316 g/mol. The minimum atomic E-state index is -0.264. The third kappa shape index (κ3) is 4.09. The molecule has 1 N–H and O–H groups in total. The zero-order valence-corrected chi connectivity index (χ0v) is 14.4. The molecule has 2 amide bonds. The Morgan fingerprint density at radius 3 is 2.35 bits per heavy atom. The van der Waals surface area contributed by atoms with Gasteiger partial charge in [0.15, 0.2) is 5.82 Å². The molecule has 6 heteroatoms. The quantitative estimate of drug-likeness (QED) is 0.913. The Hall–Kier alpha value is -2.37. The number of carbonyl (C=O) groups is 1. The van der Waals surface area contributed by atoms with Crippen LogP contribution in [0.15, 0.2) is 22.7 Å². The second-order valence-corrected chi connectivity index (χ2v) is 5.67. The van der Waals surface area contributed by atoms with Gasteiger partial charge in [-0.25, -0.2) is 4.79 Å². The molecule has 1 aromatic heterocycles. The van der Waals surface area contributed by atoms with Crippen LogP contribution in [0.3, 0.4) is 0 Å². The first-order valence-corrected chi connectivity index (χ1v) is 7.91. The lowest BCUT2D eigenvalue weighted by molar-refractivity contribution is 0.241. The van der Waals surface area contributed by atoms with E-state index in [1.165, 1.54) is 0 Å². The first kappa shape index (κ1) is 17.0. The number of nitrogens with one attached hydrogen (secondary N) is 1. The summed E-state index contributed by atoms with van der Waals surface area (Å²) in [6, 6.07) is 5.68. The fourth-order valence-corrected chi connectivity index (χ4v) is 2.58. The predicted octanol–water partition coefficient (Wildman–Crippen LogP) is 3.68. The zero-order chi connectivity index (χ0) is 17.0. The van der Waals surface area contributed by atoms with Crippen LogP contribution in [0.25, 0.3) is 0 Å². The van der Waals surface area contributed by atoms with Crippen LogP contribution in [0.2, 0.25) is 0 Å². The molecule has 0 aliphatic rings. The molecule has 6 nitrogen and oxygen atoms in total. The van der Waals surface area contributed by atoms with Crippen molar-refractivity contribution in [3.8, 4) is 0 Å². The number of hydrogen-bond donors (Lipinski definition) is 1. The number of amides is 2. The van der Waals surface area contributed by atoms with Gasteiger partial charge in [0.1, 0.15) is 0 Å². The average Bonchev–Trinajstić information content (AvgIpc) is 2.91. The van der Waals surface area contributed by atoms with Crippen molar-refractivity contribution in [2.75, 3.05) is 11.4 Å². The van der Waals surface area contributed by atoms with Crippen molar-refractivity contribution in [3.05, 3.63) is 41.0 Å². The highest BCUT2D eigenvalue weighted by atomic mass is 16.5. The highest BCUT2D eigenvalue weighted by Gasteiger charge is 2.22. The molecule has 0 unspecified atom stereocenters. The van der Waals surface area contributed by atoms with Crippen molar-refractivity contribution in [1.29, 1.82) is 0 Å². The van der Waals surface area contributed by atoms with Crippen LogP contribution in [0.4, 0.5) is 10.5 Å². The van der Waals surface area contributed by atoms with Gasteiger partial charge in [0.05, 0.1) is 6.04 Å². The number of benzene rings is 1. The Balaban J connectivity index is 2.18. The Labute approximate surface area is 136 Å². The monoisotopic (exact) mass is 316 g/mol. The van der Waals surface area contributed by atoms with Crippen molar-refractivity contribution in [2.45, 2.75) is 47.1 Å². The Morgan fingerprint density at radius 2 is 1.87 bits per heavy atom. The molecule has 0 aliphatic carbocycles. The zero-order valence-electron chi connectivity index (χ0n) is 14.4. The summed E-state index contributed by atoms with van der Waals surface area (Å²) in [5.41, 5.74) is 3.15. The second kappa shape index (κ2) is 7.26. The van der Waals surface area contributed by atoms with Gasteiger partial charge in [-0.2, -0.15) is 4.98 Å². The molecular formula is C17H24N4O2. The van der Waals surface area contributed by atoms with E-state index in [1.54, 1.807) is 11.8 Å².